The van der Waals surface area contributed by atoms with Crippen LogP contribution in [0, 0.1) is 11.3 Å². The average Bonchev–Trinajstić information content (AvgIpc) is 3.24. The molecule has 28 heavy (non-hydrogen) atoms. The second-order valence-corrected chi connectivity index (χ2v) is 7.50. The van der Waals surface area contributed by atoms with Crippen LogP contribution >= 0.6 is 22.9 Å². The number of hydrogen-bond donors (Lipinski definition) is 0. The van der Waals surface area contributed by atoms with E-state index in [1.54, 1.807) is 0 Å². The molecule has 0 saturated heterocycles. The molecule has 0 bridgehead atoms. The van der Waals surface area contributed by atoms with E-state index in [0.717, 1.165) is 16.8 Å². The molecule has 4 aromatic rings. The fourth-order valence-corrected chi connectivity index (χ4v) is 3.78. The smallest absolute Gasteiger partial charge is 0.134 e. The zero-order chi connectivity index (χ0) is 19.3. The Bertz CT molecular complexity index is 1150. The van der Waals surface area contributed by atoms with Gasteiger partial charge in [0, 0.05) is 16.0 Å². The highest BCUT2D eigenvalue weighted by atomic mass is 35.5. The van der Waals surface area contributed by atoms with Gasteiger partial charge in [-0.1, -0.05) is 78.3 Å². The number of rotatable bonds is 4. The van der Waals surface area contributed by atoms with Crippen LogP contribution in [0.15, 0.2) is 84.2 Å². The third-order valence-electron chi connectivity index (χ3n) is 4.32. The van der Waals surface area contributed by atoms with Crippen molar-refractivity contribution >= 4 is 34.6 Å². The molecule has 0 spiro atoms. The maximum atomic E-state index is 9.56. The van der Waals surface area contributed by atoms with Crippen LogP contribution in [0.1, 0.15) is 10.6 Å². The number of nitrogens with zero attached hydrogens (tertiary/aromatic N) is 2. The Labute approximate surface area is 173 Å². The lowest BCUT2D eigenvalue weighted by molar-refractivity contribution is 1.37. The fourth-order valence-electron chi connectivity index (χ4n) is 2.86. The zero-order valence-electron chi connectivity index (χ0n) is 14.8. The summed E-state index contributed by atoms with van der Waals surface area (Å²) < 4.78 is 0. The van der Waals surface area contributed by atoms with Crippen molar-refractivity contribution in [2.45, 2.75) is 0 Å². The highest BCUT2D eigenvalue weighted by Gasteiger charge is 2.09. The van der Waals surface area contributed by atoms with E-state index >= 15 is 0 Å². The maximum Gasteiger partial charge on any atom is 0.134 e. The fraction of sp³-hybridized carbons (Fsp3) is 0. The SMILES string of the molecule is N#CC(=Cc1ccc(Cl)cc1)c1nc(-c2ccc(-c3ccccc3)cc2)cs1. The molecule has 1 aromatic heterocycles. The molecule has 4 heteroatoms. The molecule has 0 radical (unpaired) electrons. The third-order valence-corrected chi connectivity index (χ3v) is 5.45. The van der Waals surface area contributed by atoms with E-state index in [1.807, 2.05) is 53.9 Å². The predicted molar refractivity (Wildman–Crippen MR) is 118 cm³/mol. The first-order chi connectivity index (χ1) is 13.7. The summed E-state index contributed by atoms with van der Waals surface area (Å²) in [5.41, 5.74) is 5.72. The molecule has 3 aromatic carbocycles. The van der Waals surface area contributed by atoms with Crippen molar-refractivity contribution in [3.8, 4) is 28.5 Å². The summed E-state index contributed by atoms with van der Waals surface area (Å²) in [6.45, 7) is 0. The summed E-state index contributed by atoms with van der Waals surface area (Å²) in [4.78, 5) is 4.67. The van der Waals surface area contributed by atoms with E-state index in [0.29, 0.717) is 15.6 Å². The Morgan fingerprint density at radius 3 is 2.18 bits per heavy atom. The van der Waals surface area contributed by atoms with E-state index < -0.39 is 0 Å². The summed E-state index contributed by atoms with van der Waals surface area (Å²) in [5.74, 6) is 0. The highest BCUT2D eigenvalue weighted by molar-refractivity contribution is 7.11. The maximum absolute atomic E-state index is 9.56. The Morgan fingerprint density at radius 2 is 1.50 bits per heavy atom. The van der Waals surface area contributed by atoms with E-state index in [1.165, 1.54) is 22.5 Å². The molecule has 0 unspecified atom stereocenters. The van der Waals surface area contributed by atoms with Crippen molar-refractivity contribution in [1.29, 1.82) is 5.26 Å². The normalized spacial score (nSPS) is 11.2. The van der Waals surface area contributed by atoms with Crippen molar-refractivity contribution in [1.82, 2.24) is 4.98 Å². The molecule has 0 aliphatic heterocycles. The van der Waals surface area contributed by atoms with Gasteiger partial charge in [-0.3, -0.25) is 0 Å². The van der Waals surface area contributed by atoms with Gasteiger partial charge in [-0.2, -0.15) is 5.26 Å². The summed E-state index contributed by atoms with van der Waals surface area (Å²) >= 11 is 7.40. The molecule has 0 aliphatic carbocycles. The summed E-state index contributed by atoms with van der Waals surface area (Å²) in [5, 5.41) is 12.9. The molecular weight excluding hydrogens is 384 g/mol. The van der Waals surface area contributed by atoms with Gasteiger partial charge in [0.15, 0.2) is 0 Å². The van der Waals surface area contributed by atoms with Crippen LogP contribution in [-0.2, 0) is 0 Å². The zero-order valence-corrected chi connectivity index (χ0v) is 16.4. The third kappa shape index (κ3) is 4.04. The van der Waals surface area contributed by atoms with Crippen molar-refractivity contribution in [2.24, 2.45) is 0 Å². The van der Waals surface area contributed by atoms with Gasteiger partial charge in [-0.25, -0.2) is 4.98 Å². The Kier molecular flexibility index (Phi) is 5.34. The van der Waals surface area contributed by atoms with Crippen LogP contribution in [-0.4, -0.2) is 4.98 Å². The van der Waals surface area contributed by atoms with E-state index in [4.69, 9.17) is 11.6 Å². The lowest BCUT2D eigenvalue weighted by Crippen LogP contribution is -1.84. The van der Waals surface area contributed by atoms with Crippen LogP contribution in [0.3, 0.4) is 0 Å². The topological polar surface area (TPSA) is 36.7 Å². The number of aromatic nitrogens is 1. The first-order valence-corrected chi connectivity index (χ1v) is 9.98. The number of hydrogen-bond acceptors (Lipinski definition) is 3. The summed E-state index contributed by atoms with van der Waals surface area (Å²) in [6, 6.07) is 28.2. The lowest BCUT2D eigenvalue weighted by atomic mass is 10.0. The molecule has 134 valence electrons. The molecule has 0 fully saturated rings. The number of halogens is 1. The first-order valence-electron chi connectivity index (χ1n) is 8.72. The van der Waals surface area contributed by atoms with Gasteiger partial charge in [0.25, 0.3) is 0 Å². The van der Waals surface area contributed by atoms with Crippen LogP contribution < -0.4 is 0 Å². The molecule has 2 nitrogen and oxygen atoms in total. The highest BCUT2D eigenvalue weighted by Crippen LogP contribution is 2.29. The van der Waals surface area contributed by atoms with Crippen molar-refractivity contribution in [3.05, 3.63) is 99.8 Å². The minimum absolute atomic E-state index is 0.541. The van der Waals surface area contributed by atoms with Crippen LogP contribution in [0.4, 0.5) is 0 Å². The molecule has 0 amide bonds. The van der Waals surface area contributed by atoms with Gasteiger partial charge >= 0.3 is 0 Å². The minimum atomic E-state index is 0.541. The molecule has 0 aliphatic rings. The Hall–Kier alpha value is -3.19. The van der Waals surface area contributed by atoms with Gasteiger partial charge in [0.05, 0.1) is 11.3 Å². The average molecular weight is 399 g/mol. The predicted octanol–water partition coefficient (Wildman–Crippen LogP) is 7.19. The van der Waals surface area contributed by atoms with Crippen LogP contribution in [0.25, 0.3) is 34.0 Å². The molecule has 0 N–H and O–H groups in total. The lowest BCUT2D eigenvalue weighted by Gasteiger charge is -2.02. The van der Waals surface area contributed by atoms with Gasteiger partial charge in [-0.05, 0) is 34.9 Å². The summed E-state index contributed by atoms with van der Waals surface area (Å²) in [7, 11) is 0. The number of nitriles is 1. The van der Waals surface area contributed by atoms with Crippen molar-refractivity contribution in [3.63, 3.8) is 0 Å². The van der Waals surface area contributed by atoms with E-state index in [2.05, 4.69) is 47.5 Å². The number of allylic oxidation sites excluding steroid dienone is 1. The summed E-state index contributed by atoms with van der Waals surface area (Å²) in [6.07, 6.45) is 1.83. The Morgan fingerprint density at radius 1 is 0.857 bits per heavy atom. The molecule has 4 rings (SSSR count). The van der Waals surface area contributed by atoms with Crippen molar-refractivity contribution in [2.75, 3.05) is 0 Å². The van der Waals surface area contributed by atoms with Gasteiger partial charge < -0.3 is 0 Å². The van der Waals surface area contributed by atoms with Crippen LogP contribution in [0.5, 0.6) is 0 Å². The van der Waals surface area contributed by atoms with E-state index in [-0.39, 0.29) is 0 Å². The molecular formula is C24H15ClN2S. The molecule has 0 saturated carbocycles. The second kappa shape index (κ2) is 8.22. The Balaban J connectivity index is 1.60. The molecule has 0 atom stereocenters. The minimum Gasteiger partial charge on any atom is -0.235 e. The second-order valence-electron chi connectivity index (χ2n) is 6.20. The van der Waals surface area contributed by atoms with Crippen LogP contribution in [0.2, 0.25) is 5.02 Å². The standard InChI is InChI=1S/C24H15ClN2S/c25-22-12-6-17(7-13-22)14-21(15-26)24-27-23(16-28-24)20-10-8-19(9-11-20)18-4-2-1-3-5-18/h1-14,16H. The van der Waals surface area contributed by atoms with E-state index in [9.17, 15) is 5.26 Å². The largest absolute Gasteiger partial charge is 0.235 e. The van der Waals surface area contributed by atoms with Crippen molar-refractivity contribution < 1.29 is 0 Å². The van der Waals surface area contributed by atoms with Gasteiger partial charge in [-0.15, -0.1) is 11.3 Å². The first kappa shape index (κ1) is 18.2. The molecule has 1 heterocycles. The van der Waals surface area contributed by atoms with Gasteiger partial charge in [0.2, 0.25) is 0 Å². The quantitative estimate of drug-likeness (QED) is 0.341. The number of benzene rings is 3. The monoisotopic (exact) mass is 398 g/mol. The number of thiazole rings is 1. The van der Waals surface area contributed by atoms with Gasteiger partial charge in [0.1, 0.15) is 11.1 Å².